The fourth-order valence-corrected chi connectivity index (χ4v) is 4.05. The van der Waals surface area contributed by atoms with Crippen LogP contribution in [0.15, 0.2) is 29.8 Å². The summed E-state index contributed by atoms with van der Waals surface area (Å²) in [6.07, 6.45) is 1.38. The fraction of sp³-hybridized carbons (Fsp3) is 0.368. The summed E-state index contributed by atoms with van der Waals surface area (Å²) < 4.78 is 0. The molecule has 3 rings (SSSR count). The molecular formula is C19H20N4O2. The average Bonchev–Trinajstić information content (AvgIpc) is 2.58. The van der Waals surface area contributed by atoms with Crippen LogP contribution in [0.5, 0.6) is 0 Å². The van der Waals surface area contributed by atoms with Gasteiger partial charge < -0.3 is 0 Å². The first-order valence-corrected chi connectivity index (χ1v) is 8.22. The van der Waals surface area contributed by atoms with Crippen molar-refractivity contribution in [3.63, 3.8) is 0 Å². The molecule has 3 N–H and O–H groups in total. The van der Waals surface area contributed by atoms with Gasteiger partial charge in [-0.1, -0.05) is 24.3 Å². The predicted octanol–water partition coefficient (Wildman–Crippen LogP) is 1.86. The SMILES string of the molecule is CC(=O)C(C(C)=O)C1C2=C(c3ccccc3CC2)C(C#N)C(=N)N1N. The standard InChI is InChI=1S/C19H20N4O2/c1-10(24)16(11(2)25)18-14-8-7-12-5-3-4-6-13(12)17(14)15(9-20)19(21)23(18)22/h3-6,15-16,18,21H,7-8,22H2,1-2H3. The summed E-state index contributed by atoms with van der Waals surface area (Å²) in [5, 5.41) is 19.1. The Morgan fingerprint density at radius 1 is 1.28 bits per heavy atom. The number of carbonyl (C=O) groups excluding carboxylic acids is 2. The molecule has 1 aliphatic carbocycles. The van der Waals surface area contributed by atoms with E-state index in [1.54, 1.807) is 0 Å². The summed E-state index contributed by atoms with van der Waals surface area (Å²) in [5.41, 5.74) is 3.61. The molecule has 2 unspecified atom stereocenters. The summed E-state index contributed by atoms with van der Waals surface area (Å²) in [6.45, 7) is 2.74. The first kappa shape index (κ1) is 17.1. The van der Waals surface area contributed by atoms with Gasteiger partial charge in [-0.05, 0) is 49.0 Å². The van der Waals surface area contributed by atoms with Crippen molar-refractivity contribution in [3.05, 3.63) is 41.0 Å². The number of hydrazine groups is 1. The van der Waals surface area contributed by atoms with Gasteiger partial charge in [0.25, 0.3) is 0 Å². The Labute approximate surface area is 146 Å². The number of ketones is 2. The first-order valence-electron chi connectivity index (χ1n) is 8.22. The summed E-state index contributed by atoms with van der Waals surface area (Å²) in [7, 11) is 0. The van der Waals surface area contributed by atoms with Gasteiger partial charge >= 0.3 is 0 Å². The second-order valence-corrected chi connectivity index (χ2v) is 6.59. The molecule has 1 aromatic carbocycles. The van der Waals surface area contributed by atoms with E-state index >= 15 is 0 Å². The number of nitriles is 1. The Balaban J connectivity index is 2.28. The highest BCUT2D eigenvalue weighted by molar-refractivity contribution is 6.06. The minimum Gasteiger partial charge on any atom is -0.299 e. The minimum absolute atomic E-state index is 0.0737. The van der Waals surface area contributed by atoms with Crippen LogP contribution in [0, 0.1) is 28.6 Å². The Morgan fingerprint density at radius 3 is 2.52 bits per heavy atom. The molecule has 0 bridgehead atoms. The number of rotatable bonds is 3. The topological polar surface area (TPSA) is 111 Å². The van der Waals surface area contributed by atoms with E-state index in [4.69, 9.17) is 11.3 Å². The third-order valence-electron chi connectivity index (χ3n) is 5.13. The van der Waals surface area contributed by atoms with Gasteiger partial charge in [-0.3, -0.25) is 20.0 Å². The van der Waals surface area contributed by atoms with Crippen molar-refractivity contribution in [2.24, 2.45) is 17.7 Å². The van der Waals surface area contributed by atoms with E-state index in [1.165, 1.54) is 13.8 Å². The number of hydrogen-bond donors (Lipinski definition) is 2. The van der Waals surface area contributed by atoms with Crippen LogP contribution >= 0.6 is 0 Å². The van der Waals surface area contributed by atoms with Crippen molar-refractivity contribution in [2.75, 3.05) is 0 Å². The summed E-state index contributed by atoms with van der Waals surface area (Å²) in [5.74, 6) is 3.76. The van der Waals surface area contributed by atoms with Gasteiger partial charge in [0, 0.05) is 0 Å². The van der Waals surface area contributed by atoms with E-state index in [2.05, 4.69) is 6.07 Å². The zero-order valence-corrected chi connectivity index (χ0v) is 14.2. The van der Waals surface area contributed by atoms with E-state index in [0.29, 0.717) is 6.42 Å². The smallest absolute Gasteiger partial charge is 0.142 e. The molecule has 0 saturated carbocycles. The molecule has 25 heavy (non-hydrogen) atoms. The molecule has 0 aromatic heterocycles. The average molecular weight is 336 g/mol. The normalized spacial score (nSPS) is 22.4. The second-order valence-electron chi connectivity index (χ2n) is 6.59. The molecular weight excluding hydrogens is 316 g/mol. The third kappa shape index (κ3) is 2.57. The number of carbonyl (C=O) groups is 2. The molecule has 1 aliphatic heterocycles. The van der Waals surface area contributed by atoms with Crippen molar-refractivity contribution in [3.8, 4) is 6.07 Å². The molecule has 0 saturated heterocycles. The number of fused-ring (bicyclic) bond motifs is 2. The molecule has 0 radical (unpaired) electrons. The highest BCUT2D eigenvalue weighted by Crippen LogP contribution is 2.44. The van der Waals surface area contributed by atoms with Crippen LogP contribution in [0.4, 0.5) is 0 Å². The number of Topliss-reactive ketones (excluding diaryl/α,β-unsaturated/α-hetero) is 2. The molecule has 1 aromatic rings. The number of nitrogens with two attached hydrogens (primary N) is 1. The van der Waals surface area contributed by atoms with Gasteiger partial charge in [-0.15, -0.1) is 0 Å². The molecule has 2 atom stereocenters. The van der Waals surface area contributed by atoms with Crippen LogP contribution in [-0.4, -0.2) is 28.5 Å². The van der Waals surface area contributed by atoms with Gasteiger partial charge in [-0.25, -0.2) is 5.84 Å². The highest BCUT2D eigenvalue weighted by Gasteiger charge is 2.46. The zero-order chi connectivity index (χ0) is 18.3. The van der Waals surface area contributed by atoms with Crippen molar-refractivity contribution in [1.82, 2.24) is 5.01 Å². The van der Waals surface area contributed by atoms with Crippen molar-refractivity contribution in [2.45, 2.75) is 32.7 Å². The fourth-order valence-electron chi connectivity index (χ4n) is 4.05. The Bertz CT molecular complexity index is 835. The molecule has 2 aliphatic rings. The lowest BCUT2D eigenvalue weighted by molar-refractivity contribution is -0.132. The zero-order valence-electron chi connectivity index (χ0n) is 14.2. The maximum Gasteiger partial charge on any atom is 0.142 e. The maximum atomic E-state index is 12.1. The van der Waals surface area contributed by atoms with Gasteiger partial charge in [0.05, 0.1) is 12.1 Å². The molecule has 0 fully saturated rings. The van der Waals surface area contributed by atoms with Crippen LogP contribution in [-0.2, 0) is 16.0 Å². The van der Waals surface area contributed by atoms with E-state index in [0.717, 1.165) is 33.7 Å². The molecule has 128 valence electrons. The van der Waals surface area contributed by atoms with Gasteiger partial charge in [0.2, 0.25) is 0 Å². The summed E-state index contributed by atoms with van der Waals surface area (Å²) >= 11 is 0. The van der Waals surface area contributed by atoms with Crippen LogP contribution in [0.2, 0.25) is 0 Å². The first-order chi connectivity index (χ1) is 11.9. The van der Waals surface area contributed by atoms with E-state index in [9.17, 15) is 14.9 Å². The minimum atomic E-state index is -0.930. The second kappa shape index (κ2) is 6.26. The number of aryl methyl sites for hydroxylation is 1. The number of hydrogen-bond acceptors (Lipinski definition) is 5. The lowest BCUT2D eigenvalue weighted by Crippen LogP contribution is -2.58. The van der Waals surface area contributed by atoms with Crippen LogP contribution in [0.3, 0.4) is 0 Å². The predicted molar refractivity (Wildman–Crippen MR) is 93.2 cm³/mol. The molecule has 6 nitrogen and oxygen atoms in total. The lowest BCUT2D eigenvalue weighted by Gasteiger charge is -2.44. The maximum absolute atomic E-state index is 12.1. The molecule has 0 spiro atoms. The van der Waals surface area contributed by atoms with Gasteiger partial charge in [-0.2, -0.15) is 5.26 Å². The van der Waals surface area contributed by atoms with E-state index in [1.807, 2.05) is 24.3 Å². The molecule has 0 amide bonds. The number of nitrogens with one attached hydrogen (secondary N) is 1. The van der Waals surface area contributed by atoms with E-state index < -0.39 is 17.9 Å². The highest BCUT2D eigenvalue weighted by atomic mass is 16.1. The van der Waals surface area contributed by atoms with Crippen LogP contribution in [0.1, 0.15) is 31.4 Å². The van der Waals surface area contributed by atoms with Crippen molar-refractivity contribution >= 4 is 23.0 Å². The number of nitrogens with zero attached hydrogens (tertiary/aromatic N) is 2. The van der Waals surface area contributed by atoms with Crippen LogP contribution in [0.25, 0.3) is 5.57 Å². The van der Waals surface area contributed by atoms with Crippen molar-refractivity contribution in [1.29, 1.82) is 10.7 Å². The number of amidine groups is 1. The van der Waals surface area contributed by atoms with Gasteiger partial charge in [0.1, 0.15) is 29.2 Å². The third-order valence-corrected chi connectivity index (χ3v) is 5.13. The Kier molecular flexibility index (Phi) is 4.27. The largest absolute Gasteiger partial charge is 0.299 e. The van der Waals surface area contributed by atoms with E-state index in [-0.39, 0.29) is 17.4 Å². The van der Waals surface area contributed by atoms with Crippen LogP contribution < -0.4 is 5.84 Å². The number of benzene rings is 1. The lowest BCUT2D eigenvalue weighted by atomic mass is 9.71. The quantitative estimate of drug-likeness (QED) is 0.646. The summed E-state index contributed by atoms with van der Waals surface area (Å²) in [4.78, 5) is 24.3. The molecule has 6 heteroatoms. The Hall–Kier alpha value is -2.78. The monoisotopic (exact) mass is 336 g/mol. The Morgan fingerprint density at radius 2 is 1.92 bits per heavy atom. The summed E-state index contributed by atoms with van der Waals surface area (Å²) in [6, 6.07) is 9.25. The van der Waals surface area contributed by atoms with Crippen molar-refractivity contribution < 1.29 is 9.59 Å². The van der Waals surface area contributed by atoms with Gasteiger partial charge in [0.15, 0.2) is 0 Å². The molecule has 1 heterocycles.